The number of nitrogens with two attached hydrogens (primary N) is 1. The first-order valence-corrected chi connectivity index (χ1v) is 6.38. The number of anilines is 1. The minimum atomic E-state index is -0.288. The molecule has 0 atom stereocenters. The standard InChI is InChI=1S/C13H11FIN3/c1-7-8(2)18(13(17)10(7)6-16)12-4-3-9(14)5-11(12)15/h3-5H,17H2,1-2H3. The molecule has 5 heteroatoms. The first-order chi connectivity index (χ1) is 8.47. The van der Waals surface area contributed by atoms with Crippen molar-refractivity contribution in [1.82, 2.24) is 4.57 Å². The van der Waals surface area contributed by atoms with Gasteiger partial charge in [-0.3, -0.25) is 4.57 Å². The number of hydrogen-bond donors (Lipinski definition) is 1. The molecule has 0 spiro atoms. The summed E-state index contributed by atoms with van der Waals surface area (Å²) in [6.45, 7) is 3.75. The van der Waals surface area contributed by atoms with Gasteiger partial charge in [-0.15, -0.1) is 0 Å². The predicted molar refractivity (Wildman–Crippen MR) is 77.0 cm³/mol. The summed E-state index contributed by atoms with van der Waals surface area (Å²) in [6.07, 6.45) is 0. The Morgan fingerprint density at radius 3 is 2.56 bits per heavy atom. The summed E-state index contributed by atoms with van der Waals surface area (Å²) in [4.78, 5) is 0. The lowest BCUT2D eigenvalue weighted by molar-refractivity contribution is 0.626. The zero-order valence-corrected chi connectivity index (χ0v) is 12.1. The van der Waals surface area contributed by atoms with Crippen molar-refractivity contribution in [2.45, 2.75) is 13.8 Å². The average molecular weight is 355 g/mol. The highest BCUT2D eigenvalue weighted by molar-refractivity contribution is 14.1. The Labute approximate surface area is 118 Å². The van der Waals surface area contributed by atoms with E-state index in [1.165, 1.54) is 12.1 Å². The van der Waals surface area contributed by atoms with E-state index in [-0.39, 0.29) is 5.82 Å². The number of nitriles is 1. The maximum absolute atomic E-state index is 13.1. The van der Waals surface area contributed by atoms with Gasteiger partial charge in [0.2, 0.25) is 0 Å². The number of nitrogen functional groups attached to an aromatic ring is 1. The molecule has 1 heterocycles. The van der Waals surface area contributed by atoms with Crippen LogP contribution in [0.2, 0.25) is 0 Å². The van der Waals surface area contributed by atoms with Crippen LogP contribution in [-0.2, 0) is 0 Å². The Hall–Kier alpha value is -1.55. The minimum Gasteiger partial charge on any atom is -0.384 e. The normalized spacial score (nSPS) is 10.4. The highest BCUT2D eigenvalue weighted by Gasteiger charge is 2.17. The van der Waals surface area contributed by atoms with Gasteiger partial charge in [0.15, 0.2) is 0 Å². The first-order valence-electron chi connectivity index (χ1n) is 5.30. The predicted octanol–water partition coefficient (Wildman–Crippen LogP) is 3.29. The monoisotopic (exact) mass is 355 g/mol. The van der Waals surface area contributed by atoms with Crippen molar-refractivity contribution in [1.29, 1.82) is 5.26 Å². The molecule has 0 saturated carbocycles. The molecule has 0 saturated heterocycles. The van der Waals surface area contributed by atoms with Crippen molar-refractivity contribution < 1.29 is 4.39 Å². The van der Waals surface area contributed by atoms with Crippen molar-refractivity contribution in [2.24, 2.45) is 0 Å². The van der Waals surface area contributed by atoms with Gasteiger partial charge in [0.05, 0.1) is 11.3 Å². The van der Waals surface area contributed by atoms with E-state index in [9.17, 15) is 4.39 Å². The first kappa shape index (κ1) is 12.9. The third-order valence-corrected chi connectivity index (χ3v) is 3.88. The van der Waals surface area contributed by atoms with Crippen molar-refractivity contribution in [3.05, 3.63) is 44.4 Å². The van der Waals surface area contributed by atoms with Gasteiger partial charge in [-0.2, -0.15) is 5.26 Å². The van der Waals surface area contributed by atoms with Gasteiger partial charge >= 0.3 is 0 Å². The molecule has 18 heavy (non-hydrogen) atoms. The molecule has 0 aliphatic heterocycles. The topological polar surface area (TPSA) is 54.7 Å². The number of nitrogens with zero attached hydrogens (tertiary/aromatic N) is 2. The number of rotatable bonds is 1. The fraction of sp³-hybridized carbons (Fsp3) is 0.154. The van der Waals surface area contributed by atoms with E-state index >= 15 is 0 Å². The van der Waals surface area contributed by atoms with Gasteiger partial charge in [-0.1, -0.05) is 0 Å². The second kappa shape index (κ2) is 4.61. The molecule has 0 radical (unpaired) electrons. The second-order valence-electron chi connectivity index (χ2n) is 4.01. The van der Waals surface area contributed by atoms with Gasteiger partial charge in [-0.05, 0) is 60.2 Å². The minimum absolute atomic E-state index is 0.288. The number of halogens is 2. The molecular formula is C13H11FIN3. The highest BCUT2D eigenvalue weighted by Crippen LogP contribution is 2.29. The molecule has 0 aliphatic carbocycles. The van der Waals surface area contributed by atoms with Gasteiger partial charge < -0.3 is 5.73 Å². The van der Waals surface area contributed by atoms with Gasteiger partial charge in [0.25, 0.3) is 0 Å². The lowest BCUT2D eigenvalue weighted by atomic mass is 10.2. The third-order valence-electron chi connectivity index (χ3n) is 3.01. The highest BCUT2D eigenvalue weighted by atomic mass is 127. The van der Waals surface area contributed by atoms with Crippen molar-refractivity contribution in [3.8, 4) is 11.8 Å². The van der Waals surface area contributed by atoms with E-state index in [0.29, 0.717) is 11.4 Å². The quantitative estimate of drug-likeness (QED) is 0.799. The Bertz CT molecular complexity index is 668. The number of benzene rings is 1. The number of hydrogen-bond acceptors (Lipinski definition) is 2. The summed E-state index contributed by atoms with van der Waals surface area (Å²) in [5, 5.41) is 9.09. The summed E-state index contributed by atoms with van der Waals surface area (Å²) in [7, 11) is 0. The molecule has 2 aromatic rings. The van der Waals surface area contributed by atoms with Gasteiger partial charge in [0, 0.05) is 9.26 Å². The molecule has 92 valence electrons. The molecule has 3 nitrogen and oxygen atoms in total. The maximum atomic E-state index is 13.1. The van der Waals surface area contributed by atoms with Crippen LogP contribution in [0.5, 0.6) is 0 Å². The smallest absolute Gasteiger partial charge is 0.126 e. The van der Waals surface area contributed by atoms with Crippen LogP contribution in [0.3, 0.4) is 0 Å². The molecule has 0 amide bonds. The molecule has 0 fully saturated rings. The summed E-state index contributed by atoms with van der Waals surface area (Å²) in [5.41, 5.74) is 9.02. The van der Waals surface area contributed by atoms with Crippen LogP contribution in [0.4, 0.5) is 10.2 Å². The SMILES string of the molecule is Cc1c(C#N)c(N)n(-c2ccc(F)cc2I)c1C. The second-order valence-corrected chi connectivity index (χ2v) is 5.18. The summed E-state index contributed by atoms with van der Waals surface area (Å²) in [6, 6.07) is 6.60. The summed E-state index contributed by atoms with van der Waals surface area (Å²) >= 11 is 2.06. The fourth-order valence-corrected chi connectivity index (χ4v) is 2.67. The fourth-order valence-electron chi connectivity index (χ4n) is 1.95. The van der Waals surface area contributed by atoms with Crippen LogP contribution in [-0.4, -0.2) is 4.57 Å². The lowest BCUT2D eigenvalue weighted by Gasteiger charge is -2.11. The number of aromatic nitrogens is 1. The van der Waals surface area contributed by atoms with Crippen molar-refractivity contribution >= 4 is 28.4 Å². The Morgan fingerprint density at radius 2 is 2.06 bits per heavy atom. The van der Waals surface area contributed by atoms with E-state index in [4.69, 9.17) is 11.0 Å². The average Bonchev–Trinajstić information content (AvgIpc) is 2.52. The van der Waals surface area contributed by atoms with Gasteiger partial charge in [-0.25, -0.2) is 4.39 Å². The van der Waals surface area contributed by atoms with Crippen LogP contribution in [0.15, 0.2) is 18.2 Å². The summed E-state index contributed by atoms with van der Waals surface area (Å²) in [5.74, 6) is 0.112. The van der Waals surface area contributed by atoms with E-state index in [1.54, 1.807) is 10.6 Å². The molecule has 0 bridgehead atoms. The molecule has 1 aromatic heterocycles. The van der Waals surface area contributed by atoms with Crippen LogP contribution in [0.25, 0.3) is 5.69 Å². The van der Waals surface area contributed by atoms with Gasteiger partial charge in [0.1, 0.15) is 17.7 Å². The Morgan fingerprint density at radius 1 is 1.39 bits per heavy atom. The molecule has 0 aliphatic rings. The van der Waals surface area contributed by atoms with Crippen LogP contribution in [0.1, 0.15) is 16.8 Å². The molecule has 1 aromatic carbocycles. The van der Waals surface area contributed by atoms with Crippen molar-refractivity contribution in [3.63, 3.8) is 0 Å². The van der Waals surface area contributed by atoms with Crippen molar-refractivity contribution in [2.75, 3.05) is 5.73 Å². The van der Waals surface area contributed by atoms with E-state index in [2.05, 4.69) is 28.7 Å². The van der Waals surface area contributed by atoms with E-state index in [0.717, 1.165) is 20.5 Å². The molecule has 0 unspecified atom stereocenters. The molecule has 2 N–H and O–H groups in total. The van der Waals surface area contributed by atoms with E-state index < -0.39 is 0 Å². The van der Waals surface area contributed by atoms with Crippen LogP contribution < -0.4 is 5.73 Å². The zero-order valence-electron chi connectivity index (χ0n) is 9.96. The van der Waals surface area contributed by atoms with Crippen LogP contribution >= 0.6 is 22.6 Å². The largest absolute Gasteiger partial charge is 0.384 e. The maximum Gasteiger partial charge on any atom is 0.126 e. The third kappa shape index (κ3) is 1.86. The van der Waals surface area contributed by atoms with Crippen LogP contribution in [0, 0.1) is 34.6 Å². The summed E-state index contributed by atoms with van der Waals surface area (Å²) < 4.78 is 15.7. The molecular weight excluding hydrogens is 344 g/mol. The van der Waals surface area contributed by atoms with E-state index in [1.807, 2.05) is 13.8 Å². The Kier molecular flexibility index (Phi) is 3.30. The Balaban J connectivity index is 2.77. The lowest BCUT2D eigenvalue weighted by Crippen LogP contribution is -2.04. The zero-order chi connectivity index (χ0) is 13.4. The molecule has 2 rings (SSSR count).